The van der Waals surface area contributed by atoms with E-state index in [-0.39, 0.29) is 12.0 Å². The molecule has 1 aliphatic rings. The molecule has 0 spiro atoms. The summed E-state index contributed by atoms with van der Waals surface area (Å²) >= 11 is 0. The average Bonchev–Trinajstić information content (AvgIpc) is 2.98. The van der Waals surface area contributed by atoms with Crippen molar-refractivity contribution in [2.24, 2.45) is 11.7 Å². The Morgan fingerprint density at radius 2 is 2.36 bits per heavy atom. The van der Waals surface area contributed by atoms with Crippen molar-refractivity contribution in [1.82, 2.24) is 15.0 Å². The summed E-state index contributed by atoms with van der Waals surface area (Å²) in [6, 6.07) is 2.11. The van der Waals surface area contributed by atoms with Gasteiger partial charge in [-0.25, -0.2) is 9.99 Å². The zero-order chi connectivity index (χ0) is 15.7. The number of hydrazine groups is 1. The minimum atomic E-state index is -0.533. The third kappa shape index (κ3) is 2.55. The molecule has 0 bridgehead atoms. The Labute approximate surface area is 127 Å². The highest BCUT2D eigenvalue weighted by atomic mass is 16.1. The Bertz CT molecular complexity index is 711. The summed E-state index contributed by atoms with van der Waals surface area (Å²) in [4.78, 5) is 30.0. The number of carbonyl (C=O) groups is 2. The quantitative estimate of drug-likeness (QED) is 0.738. The molecule has 1 fully saturated rings. The van der Waals surface area contributed by atoms with E-state index in [0.717, 1.165) is 24.5 Å². The number of aromatic nitrogens is 2. The van der Waals surface area contributed by atoms with Gasteiger partial charge in [-0.15, -0.1) is 0 Å². The number of rotatable bonds is 4. The summed E-state index contributed by atoms with van der Waals surface area (Å²) in [5, 5.41) is 2.80. The van der Waals surface area contributed by atoms with Crippen LogP contribution in [0.3, 0.4) is 0 Å². The number of nitrogens with one attached hydrogen (secondary N) is 2. The smallest absolute Gasteiger partial charge is 0.252 e. The van der Waals surface area contributed by atoms with Crippen molar-refractivity contribution in [2.75, 3.05) is 12.0 Å². The predicted molar refractivity (Wildman–Crippen MR) is 83.2 cm³/mol. The van der Waals surface area contributed by atoms with Crippen LogP contribution in [0, 0.1) is 5.92 Å². The number of anilines is 1. The molecule has 0 saturated carbocycles. The van der Waals surface area contributed by atoms with Crippen LogP contribution in [-0.2, 0) is 4.79 Å². The molecule has 2 aromatic rings. The molecular formula is C15H19N5O2. The van der Waals surface area contributed by atoms with E-state index in [0.29, 0.717) is 23.4 Å². The van der Waals surface area contributed by atoms with Crippen LogP contribution in [0.5, 0.6) is 0 Å². The number of nitrogens with zero attached hydrogens (tertiary/aromatic N) is 2. The first kappa shape index (κ1) is 14.5. The van der Waals surface area contributed by atoms with E-state index in [1.807, 2.05) is 11.1 Å². The number of hydrogen-bond donors (Lipinski definition) is 3. The molecule has 2 unspecified atom stereocenters. The molecule has 2 atom stereocenters. The molecule has 22 heavy (non-hydrogen) atoms. The van der Waals surface area contributed by atoms with Gasteiger partial charge in [0.1, 0.15) is 11.9 Å². The Morgan fingerprint density at radius 3 is 3.09 bits per heavy atom. The van der Waals surface area contributed by atoms with Crippen molar-refractivity contribution in [3.63, 3.8) is 0 Å². The lowest BCUT2D eigenvalue weighted by Gasteiger charge is -2.37. The SMILES string of the molecule is CC1CCC(C=O)CN1Nc1c(C(N)=O)cnc2[nH]ccc12. The third-order valence-electron chi connectivity index (χ3n) is 4.22. The number of fused-ring (bicyclic) bond motifs is 1. The van der Waals surface area contributed by atoms with Gasteiger partial charge in [0, 0.05) is 36.3 Å². The van der Waals surface area contributed by atoms with E-state index in [4.69, 9.17) is 5.73 Å². The fourth-order valence-electron chi connectivity index (χ4n) is 2.86. The highest BCUT2D eigenvalue weighted by Gasteiger charge is 2.26. The number of amides is 1. The van der Waals surface area contributed by atoms with Crippen molar-refractivity contribution < 1.29 is 9.59 Å². The van der Waals surface area contributed by atoms with Gasteiger partial charge in [-0.2, -0.15) is 0 Å². The minimum Gasteiger partial charge on any atom is -0.365 e. The minimum absolute atomic E-state index is 0.00396. The number of carbonyl (C=O) groups excluding carboxylic acids is 2. The van der Waals surface area contributed by atoms with Gasteiger partial charge in [-0.1, -0.05) is 0 Å². The van der Waals surface area contributed by atoms with Gasteiger partial charge >= 0.3 is 0 Å². The highest BCUT2D eigenvalue weighted by Crippen LogP contribution is 2.28. The Hall–Kier alpha value is -2.41. The van der Waals surface area contributed by atoms with Crippen LogP contribution in [0.2, 0.25) is 0 Å². The molecule has 7 nitrogen and oxygen atoms in total. The van der Waals surface area contributed by atoms with Crippen molar-refractivity contribution in [3.05, 3.63) is 24.0 Å². The first-order valence-electron chi connectivity index (χ1n) is 7.34. The molecule has 116 valence electrons. The predicted octanol–water partition coefficient (Wildman–Crippen LogP) is 1.29. The Kier molecular flexibility index (Phi) is 3.81. The molecule has 3 heterocycles. The van der Waals surface area contributed by atoms with Crippen LogP contribution in [0.25, 0.3) is 11.0 Å². The third-order valence-corrected chi connectivity index (χ3v) is 4.22. The monoisotopic (exact) mass is 301 g/mol. The number of hydrogen-bond acceptors (Lipinski definition) is 5. The zero-order valence-corrected chi connectivity index (χ0v) is 12.4. The summed E-state index contributed by atoms with van der Waals surface area (Å²) in [7, 11) is 0. The standard InChI is InChI=1S/C15H19N5O2/c1-9-2-3-10(8-21)7-20(9)19-13-11-4-5-17-15(11)18-6-12(13)14(16)22/h4-6,8-10H,2-3,7H2,1H3,(H2,16,22)(H2,17,18,19). The van der Waals surface area contributed by atoms with Crippen LogP contribution in [-0.4, -0.2) is 39.8 Å². The van der Waals surface area contributed by atoms with E-state index in [1.165, 1.54) is 6.20 Å². The lowest BCUT2D eigenvalue weighted by atomic mass is 9.96. The van der Waals surface area contributed by atoms with E-state index in [2.05, 4.69) is 22.3 Å². The highest BCUT2D eigenvalue weighted by molar-refractivity contribution is 6.05. The number of pyridine rings is 1. The second-order valence-electron chi connectivity index (χ2n) is 5.74. The summed E-state index contributed by atoms with van der Waals surface area (Å²) in [6.45, 7) is 2.70. The van der Waals surface area contributed by atoms with Crippen molar-refractivity contribution in [2.45, 2.75) is 25.8 Å². The second-order valence-corrected chi connectivity index (χ2v) is 5.74. The Morgan fingerprint density at radius 1 is 1.55 bits per heavy atom. The Balaban J connectivity index is 1.98. The molecule has 0 radical (unpaired) electrons. The van der Waals surface area contributed by atoms with E-state index >= 15 is 0 Å². The summed E-state index contributed by atoms with van der Waals surface area (Å²) < 4.78 is 0. The van der Waals surface area contributed by atoms with Crippen LogP contribution in [0.4, 0.5) is 5.69 Å². The van der Waals surface area contributed by atoms with Gasteiger partial charge in [0.2, 0.25) is 0 Å². The van der Waals surface area contributed by atoms with Gasteiger partial charge in [0.05, 0.1) is 11.3 Å². The zero-order valence-electron chi connectivity index (χ0n) is 12.4. The van der Waals surface area contributed by atoms with Gasteiger partial charge in [-0.3, -0.25) is 4.79 Å². The number of primary amides is 1. The van der Waals surface area contributed by atoms with E-state index in [9.17, 15) is 9.59 Å². The van der Waals surface area contributed by atoms with Crippen molar-refractivity contribution in [1.29, 1.82) is 0 Å². The normalized spacial score (nSPS) is 22.6. The molecule has 7 heteroatoms. The molecule has 1 amide bonds. The maximum Gasteiger partial charge on any atom is 0.252 e. The maximum atomic E-state index is 11.7. The average molecular weight is 301 g/mol. The van der Waals surface area contributed by atoms with Crippen LogP contribution in [0.1, 0.15) is 30.1 Å². The topological polar surface area (TPSA) is 104 Å². The molecule has 0 aromatic carbocycles. The fraction of sp³-hybridized carbons (Fsp3) is 0.400. The van der Waals surface area contributed by atoms with E-state index in [1.54, 1.807) is 6.20 Å². The van der Waals surface area contributed by atoms with Gasteiger partial charge in [0.25, 0.3) is 5.91 Å². The summed E-state index contributed by atoms with van der Waals surface area (Å²) in [5.74, 6) is -0.529. The molecule has 1 aliphatic heterocycles. The van der Waals surface area contributed by atoms with Gasteiger partial charge in [-0.05, 0) is 25.8 Å². The number of aromatic amines is 1. The van der Waals surface area contributed by atoms with E-state index < -0.39 is 5.91 Å². The summed E-state index contributed by atoms with van der Waals surface area (Å²) in [6.07, 6.45) is 6.04. The van der Waals surface area contributed by atoms with Gasteiger partial charge in [0.15, 0.2) is 0 Å². The molecular weight excluding hydrogens is 282 g/mol. The lowest BCUT2D eigenvalue weighted by molar-refractivity contribution is -0.112. The molecule has 0 aliphatic carbocycles. The molecule has 2 aromatic heterocycles. The number of nitrogens with two attached hydrogens (primary N) is 1. The van der Waals surface area contributed by atoms with Crippen LogP contribution >= 0.6 is 0 Å². The number of piperidine rings is 1. The first-order chi connectivity index (χ1) is 10.6. The van der Waals surface area contributed by atoms with Crippen molar-refractivity contribution >= 4 is 28.9 Å². The number of aldehydes is 1. The molecule has 4 N–H and O–H groups in total. The van der Waals surface area contributed by atoms with Crippen LogP contribution < -0.4 is 11.2 Å². The summed E-state index contributed by atoms with van der Waals surface area (Å²) in [5.41, 5.74) is 10.4. The van der Waals surface area contributed by atoms with Gasteiger partial charge < -0.3 is 20.9 Å². The number of H-pyrrole nitrogens is 1. The first-order valence-corrected chi connectivity index (χ1v) is 7.34. The molecule has 1 saturated heterocycles. The molecule has 3 rings (SSSR count). The maximum absolute atomic E-state index is 11.7. The van der Waals surface area contributed by atoms with Crippen LogP contribution in [0.15, 0.2) is 18.5 Å². The lowest BCUT2D eigenvalue weighted by Crippen LogP contribution is -2.46. The fourth-order valence-corrected chi connectivity index (χ4v) is 2.86. The largest absolute Gasteiger partial charge is 0.365 e. The second kappa shape index (κ2) is 5.76. The van der Waals surface area contributed by atoms with Crippen molar-refractivity contribution in [3.8, 4) is 0 Å².